The van der Waals surface area contributed by atoms with Crippen LogP contribution in [0.5, 0.6) is 0 Å². The minimum absolute atomic E-state index is 0.00537. The van der Waals surface area contributed by atoms with Crippen molar-refractivity contribution in [1.29, 1.82) is 0 Å². The molecule has 2 aromatic heterocycles. The molecule has 9 heteroatoms. The predicted molar refractivity (Wildman–Crippen MR) is 102 cm³/mol. The molecular weight excluding hydrogens is 377 g/mol. The van der Waals surface area contributed by atoms with Crippen molar-refractivity contribution in [3.8, 4) is 18.2 Å². The van der Waals surface area contributed by atoms with Crippen LogP contribution < -0.4 is 5.32 Å². The van der Waals surface area contributed by atoms with Crippen LogP contribution in [0.2, 0.25) is 0 Å². The number of carbonyl (C=O) groups is 2. The van der Waals surface area contributed by atoms with E-state index in [4.69, 9.17) is 11.5 Å². The van der Waals surface area contributed by atoms with Gasteiger partial charge in [0, 0.05) is 31.0 Å². The van der Waals surface area contributed by atoms with Crippen molar-refractivity contribution < 1.29 is 19.1 Å². The predicted octanol–water partition coefficient (Wildman–Crippen LogP) is 1.99. The summed E-state index contributed by atoms with van der Waals surface area (Å²) < 4.78 is 15.7. The van der Waals surface area contributed by atoms with Crippen LogP contribution in [-0.2, 0) is 0 Å². The molecular formula is C20H16FN5O3. The number of rotatable bonds is 7. The van der Waals surface area contributed by atoms with Crippen molar-refractivity contribution in [3.05, 3.63) is 65.6 Å². The largest absolute Gasteiger partial charge is 0.396 e. The zero-order chi connectivity index (χ0) is 20.8. The minimum Gasteiger partial charge on any atom is -0.396 e. The lowest BCUT2D eigenvalue weighted by atomic mass is 10.0. The molecule has 0 saturated carbocycles. The van der Waals surface area contributed by atoms with Crippen LogP contribution in [0.4, 0.5) is 10.1 Å². The molecule has 0 aliphatic carbocycles. The van der Waals surface area contributed by atoms with E-state index in [2.05, 4.69) is 26.4 Å². The van der Waals surface area contributed by atoms with Crippen LogP contribution in [0.3, 0.4) is 0 Å². The number of nitrogens with one attached hydrogen (secondary N) is 1. The van der Waals surface area contributed by atoms with Gasteiger partial charge in [-0.15, -0.1) is 16.6 Å². The topological polar surface area (TPSA) is 110 Å². The quantitative estimate of drug-likeness (QED) is 0.469. The highest BCUT2D eigenvalue weighted by atomic mass is 19.1. The van der Waals surface area contributed by atoms with Gasteiger partial charge in [-0.1, -0.05) is 5.92 Å². The number of ketones is 1. The van der Waals surface area contributed by atoms with Gasteiger partial charge in [-0.05, 0) is 30.7 Å². The molecule has 0 saturated heterocycles. The van der Waals surface area contributed by atoms with Gasteiger partial charge in [0.2, 0.25) is 0 Å². The fourth-order valence-electron chi connectivity index (χ4n) is 2.56. The molecule has 0 aliphatic rings. The molecule has 29 heavy (non-hydrogen) atoms. The summed E-state index contributed by atoms with van der Waals surface area (Å²) in [6.45, 7) is -0.183. The number of terminal acetylenes is 1. The van der Waals surface area contributed by atoms with Gasteiger partial charge in [-0.2, -0.15) is 0 Å². The molecule has 0 aliphatic heterocycles. The molecule has 2 N–H and O–H groups in total. The van der Waals surface area contributed by atoms with Gasteiger partial charge in [0.25, 0.3) is 5.91 Å². The zero-order valence-corrected chi connectivity index (χ0v) is 15.2. The number of aliphatic hydroxyl groups is 1. The number of hydrogen-bond acceptors (Lipinski definition) is 6. The van der Waals surface area contributed by atoms with E-state index < -0.39 is 17.5 Å². The molecule has 0 unspecified atom stereocenters. The van der Waals surface area contributed by atoms with Crippen LogP contribution in [0.25, 0.3) is 5.82 Å². The summed E-state index contributed by atoms with van der Waals surface area (Å²) in [5.41, 5.74) is -0.0752. The average molecular weight is 393 g/mol. The third kappa shape index (κ3) is 4.51. The van der Waals surface area contributed by atoms with Crippen molar-refractivity contribution >= 4 is 17.4 Å². The molecule has 0 radical (unpaired) electrons. The molecule has 0 atom stereocenters. The Morgan fingerprint density at radius 2 is 2.10 bits per heavy atom. The summed E-state index contributed by atoms with van der Waals surface area (Å²) in [7, 11) is 0. The molecule has 1 aromatic carbocycles. The maximum absolute atomic E-state index is 14.1. The van der Waals surface area contributed by atoms with Crippen LogP contribution in [-0.4, -0.2) is 43.2 Å². The van der Waals surface area contributed by atoms with Crippen molar-refractivity contribution in [2.24, 2.45) is 0 Å². The fraction of sp³-hybridized carbons (Fsp3) is 0.150. The average Bonchev–Trinajstić information content (AvgIpc) is 3.28. The Balaban J connectivity index is 1.87. The first-order valence-electron chi connectivity index (χ1n) is 8.61. The highest BCUT2D eigenvalue weighted by Crippen LogP contribution is 2.23. The van der Waals surface area contributed by atoms with E-state index in [9.17, 15) is 14.0 Å². The van der Waals surface area contributed by atoms with Crippen LogP contribution >= 0.6 is 0 Å². The van der Waals surface area contributed by atoms with Crippen LogP contribution in [0.15, 0.2) is 43.0 Å². The number of benzene rings is 1. The van der Waals surface area contributed by atoms with Crippen molar-refractivity contribution in [3.63, 3.8) is 0 Å². The van der Waals surface area contributed by atoms with Gasteiger partial charge in [0.1, 0.15) is 12.1 Å². The third-order valence-corrected chi connectivity index (χ3v) is 4.03. The molecule has 0 fully saturated rings. The standard InChI is InChI=1S/C20H16FN5O3/c1-2-13-10-17(14(11-15(13)21)18(28)4-3-9-27)23-20(29)16-5-6-19(25-24-16)26-8-7-22-12-26/h1,5-8,10-12,27H,3-4,9H2,(H,23,29). The summed E-state index contributed by atoms with van der Waals surface area (Å²) in [6, 6.07) is 5.23. The molecule has 3 aromatic rings. The number of Topliss-reactive ketones (excluding diaryl/α,β-unsaturated/α-hetero) is 1. The third-order valence-electron chi connectivity index (χ3n) is 4.03. The zero-order valence-electron chi connectivity index (χ0n) is 15.2. The Morgan fingerprint density at radius 3 is 2.72 bits per heavy atom. The van der Waals surface area contributed by atoms with Gasteiger partial charge >= 0.3 is 0 Å². The molecule has 8 nitrogen and oxygen atoms in total. The van der Waals surface area contributed by atoms with Crippen LogP contribution in [0.1, 0.15) is 39.3 Å². The van der Waals surface area contributed by atoms with Gasteiger partial charge in [0.05, 0.1) is 11.3 Å². The lowest BCUT2D eigenvalue weighted by Crippen LogP contribution is -2.18. The fourth-order valence-corrected chi connectivity index (χ4v) is 2.56. The Morgan fingerprint density at radius 1 is 1.28 bits per heavy atom. The lowest BCUT2D eigenvalue weighted by Gasteiger charge is -2.12. The first-order chi connectivity index (χ1) is 14.0. The Kier molecular flexibility index (Phi) is 6.06. The second kappa shape index (κ2) is 8.86. The molecule has 2 heterocycles. The van der Waals surface area contributed by atoms with Crippen molar-refractivity contribution in [1.82, 2.24) is 19.7 Å². The molecule has 146 valence electrons. The summed E-state index contributed by atoms with van der Waals surface area (Å²) in [4.78, 5) is 28.8. The maximum atomic E-state index is 14.1. The highest BCUT2D eigenvalue weighted by molar-refractivity contribution is 6.09. The molecule has 3 rings (SSSR count). The van der Waals surface area contributed by atoms with Gasteiger partial charge in [-0.3, -0.25) is 14.2 Å². The Bertz CT molecular complexity index is 1070. The first kappa shape index (κ1) is 19.9. The molecule has 1 amide bonds. The van der Waals surface area contributed by atoms with E-state index in [1.165, 1.54) is 18.5 Å². The van der Waals surface area contributed by atoms with Crippen molar-refractivity contribution in [2.75, 3.05) is 11.9 Å². The normalized spacial score (nSPS) is 10.4. The second-order valence-corrected chi connectivity index (χ2v) is 5.97. The van der Waals surface area contributed by atoms with E-state index in [0.29, 0.717) is 5.82 Å². The maximum Gasteiger partial charge on any atom is 0.276 e. The number of amides is 1. The smallest absolute Gasteiger partial charge is 0.276 e. The second-order valence-electron chi connectivity index (χ2n) is 5.97. The van der Waals surface area contributed by atoms with E-state index in [0.717, 1.165) is 6.07 Å². The Hall–Kier alpha value is -3.90. The number of imidazole rings is 1. The van der Waals surface area contributed by atoms with Gasteiger partial charge < -0.3 is 10.4 Å². The van der Waals surface area contributed by atoms with E-state index in [1.807, 2.05) is 0 Å². The van der Waals surface area contributed by atoms with E-state index in [1.54, 1.807) is 23.0 Å². The summed E-state index contributed by atoms with van der Waals surface area (Å²) >= 11 is 0. The monoisotopic (exact) mass is 393 g/mol. The van der Waals surface area contributed by atoms with Gasteiger partial charge in [-0.25, -0.2) is 9.37 Å². The number of anilines is 1. The number of nitrogens with zero attached hydrogens (tertiary/aromatic N) is 4. The lowest BCUT2D eigenvalue weighted by molar-refractivity contribution is 0.0971. The number of carbonyl (C=O) groups excluding carboxylic acids is 2. The van der Waals surface area contributed by atoms with Crippen LogP contribution in [0, 0.1) is 18.2 Å². The number of hydrogen-bond donors (Lipinski definition) is 2. The summed E-state index contributed by atoms with van der Waals surface area (Å²) in [5, 5.41) is 19.3. The minimum atomic E-state index is -0.748. The highest BCUT2D eigenvalue weighted by Gasteiger charge is 2.18. The molecule has 0 spiro atoms. The van der Waals surface area contributed by atoms with Gasteiger partial charge in [0.15, 0.2) is 17.3 Å². The summed E-state index contributed by atoms with van der Waals surface area (Å²) in [5.74, 6) is 0.816. The summed E-state index contributed by atoms with van der Waals surface area (Å²) in [6.07, 6.45) is 10.3. The van der Waals surface area contributed by atoms with E-state index in [-0.39, 0.29) is 42.0 Å². The number of halogens is 1. The molecule has 0 bridgehead atoms. The first-order valence-corrected chi connectivity index (χ1v) is 8.61. The Labute approximate surface area is 165 Å². The SMILES string of the molecule is C#Cc1cc(NC(=O)c2ccc(-n3ccnc3)nn2)c(C(=O)CCCO)cc1F. The number of aromatic nitrogens is 4. The van der Waals surface area contributed by atoms with E-state index >= 15 is 0 Å². The van der Waals surface area contributed by atoms with Crippen molar-refractivity contribution in [2.45, 2.75) is 12.8 Å². The number of aliphatic hydroxyl groups excluding tert-OH is 1.